The third kappa shape index (κ3) is 4.76. The van der Waals surface area contributed by atoms with Crippen molar-refractivity contribution in [3.63, 3.8) is 0 Å². The molecule has 0 bridgehead atoms. The highest BCUT2D eigenvalue weighted by atomic mass is 79.9. The molecule has 0 aromatic heterocycles. The highest BCUT2D eigenvalue weighted by Gasteiger charge is 2.14. The molecular formula is C16H27BrN2O. The number of nitrogens with zero attached hydrogens (tertiary/aromatic N) is 1. The second-order valence-electron chi connectivity index (χ2n) is 5.35. The zero-order valence-corrected chi connectivity index (χ0v) is 14.6. The molecular weight excluding hydrogens is 316 g/mol. The molecule has 0 heterocycles. The van der Waals surface area contributed by atoms with E-state index in [0.29, 0.717) is 12.1 Å². The van der Waals surface area contributed by atoms with Gasteiger partial charge in [0.1, 0.15) is 0 Å². The number of benzene rings is 1. The minimum atomic E-state index is 0.236. The van der Waals surface area contributed by atoms with E-state index in [4.69, 9.17) is 5.11 Å². The molecule has 1 aromatic rings. The first-order chi connectivity index (χ1) is 9.51. The molecule has 1 aromatic carbocycles. The van der Waals surface area contributed by atoms with Crippen molar-refractivity contribution >= 4 is 21.6 Å². The van der Waals surface area contributed by atoms with Gasteiger partial charge >= 0.3 is 0 Å². The van der Waals surface area contributed by atoms with Crippen LogP contribution < -0.4 is 10.2 Å². The molecule has 4 heteroatoms. The minimum Gasteiger partial charge on any atom is -0.396 e. The van der Waals surface area contributed by atoms with Crippen molar-refractivity contribution in [1.82, 2.24) is 5.32 Å². The van der Waals surface area contributed by atoms with Crippen LogP contribution >= 0.6 is 15.9 Å². The molecule has 0 aliphatic heterocycles. The molecule has 0 spiro atoms. The summed E-state index contributed by atoms with van der Waals surface area (Å²) in [5, 5.41) is 12.5. The number of halogens is 1. The van der Waals surface area contributed by atoms with Gasteiger partial charge < -0.3 is 15.3 Å². The summed E-state index contributed by atoms with van der Waals surface area (Å²) in [4.78, 5) is 2.32. The Balaban J connectivity index is 2.93. The fourth-order valence-corrected chi connectivity index (χ4v) is 3.10. The highest BCUT2D eigenvalue weighted by molar-refractivity contribution is 9.10. The third-order valence-corrected chi connectivity index (χ3v) is 4.16. The first-order valence-corrected chi connectivity index (χ1v) is 8.20. The van der Waals surface area contributed by atoms with E-state index in [1.54, 1.807) is 0 Å². The number of aliphatic hydroxyl groups excluding tert-OH is 1. The molecule has 20 heavy (non-hydrogen) atoms. The minimum absolute atomic E-state index is 0.236. The van der Waals surface area contributed by atoms with Gasteiger partial charge in [-0.3, -0.25) is 0 Å². The number of hydrogen-bond donors (Lipinski definition) is 2. The Hall–Kier alpha value is -0.580. The molecule has 1 atom stereocenters. The Kier molecular flexibility index (Phi) is 7.56. The predicted octanol–water partition coefficient (Wildman–Crippen LogP) is 3.72. The van der Waals surface area contributed by atoms with Crippen LogP contribution in [-0.2, 0) is 0 Å². The Labute approximate surface area is 131 Å². The topological polar surface area (TPSA) is 35.5 Å². The Bertz CT molecular complexity index is 409. The van der Waals surface area contributed by atoms with Gasteiger partial charge in [-0.2, -0.15) is 0 Å². The van der Waals surface area contributed by atoms with Crippen LogP contribution in [0.25, 0.3) is 0 Å². The molecule has 1 rings (SSSR count). The van der Waals surface area contributed by atoms with Gasteiger partial charge in [0, 0.05) is 35.4 Å². The second kappa shape index (κ2) is 8.65. The van der Waals surface area contributed by atoms with Crippen LogP contribution in [0.3, 0.4) is 0 Å². The summed E-state index contributed by atoms with van der Waals surface area (Å²) >= 11 is 3.69. The molecule has 0 aliphatic rings. The van der Waals surface area contributed by atoms with Gasteiger partial charge in [-0.1, -0.05) is 28.9 Å². The zero-order valence-electron chi connectivity index (χ0n) is 13.0. The van der Waals surface area contributed by atoms with E-state index < -0.39 is 0 Å². The number of hydrogen-bond acceptors (Lipinski definition) is 3. The van der Waals surface area contributed by atoms with Crippen LogP contribution in [0.1, 0.15) is 45.7 Å². The number of rotatable bonds is 8. The van der Waals surface area contributed by atoms with Gasteiger partial charge in [0.05, 0.1) is 0 Å². The number of nitrogens with one attached hydrogen (secondary N) is 1. The lowest BCUT2D eigenvalue weighted by atomic mass is 10.1. The fourth-order valence-electron chi connectivity index (χ4n) is 2.39. The van der Waals surface area contributed by atoms with Crippen molar-refractivity contribution in [1.29, 1.82) is 0 Å². The van der Waals surface area contributed by atoms with Gasteiger partial charge in [0.25, 0.3) is 0 Å². The van der Waals surface area contributed by atoms with E-state index in [1.807, 2.05) is 0 Å². The SMILES string of the molecule is CCNC(C)c1ccc(N(CCCO)C(C)C)cc1Br. The maximum atomic E-state index is 9.03. The predicted molar refractivity (Wildman–Crippen MR) is 90.4 cm³/mol. The molecule has 2 N–H and O–H groups in total. The van der Waals surface area contributed by atoms with Crippen molar-refractivity contribution in [2.75, 3.05) is 24.6 Å². The van der Waals surface area contributed by atoms with Gasteiger partial charge in [-0.15, -0.1) is 0 Å². The average molecular weight is 343 g/mol. The summed E-state index contributed by atoms with van der Waals surface area (Å²) < 4.78 is 1.14. The summed E-state index contributed by atoms with van der Waals surface area (Å²) in [5.74, 6) is 0. The maximum absolute atomic E-state index is 9.03. The van der Waals surface area contributed by atoms with Gasteiger partial charge in [0.2, 0.25) is 0 Å². The van der Waals surface area contributed by atoms with Crippen LogP contribution in [0, 0.1) is 0 Å². The Morgan fingerprint density at radius 2 is 2.00 bits per heavy atom. The van der Waals surface area contributed by atoms with Crippen molar-refractivity contribution < 1.29 is 5.11 Å². The summed E-state index contributed by atoms with van der Waals surface area (Å²) in [6.07, 6.45) is 0.797. The molecule has 0 saturated heterocycles. The number of aliphatic hydroxyl groups is 1. The summed E-state index contributed by atoms with van der Waals surface area (Å²) in [6, 6.07) is 7.30. The van der Waals surface area contributed by atoms with Crippen LogP contribution in [0.5, 0.6) is 0 Å². The summed E-state index contributed by atoms with van der Waals surface area (Å²) in [6.45, 7) is 10.7. The molecule has 0 fully saturated rings. The molecule has 0 amide bonds. The van der Waals surface area contributed by atoms with Crippen molar-refractivity contribution in [2.45, 2.75) is 46.2 Å². The summed E-state index contributed by atoms with van der Waals surface area (Å²) in [7, 11) is 0. The largest absolute Gasteiger partial charge is 0.396 e. The van der Waals surface area contributed by atoms with Crippen LogP contribution in [0.15, 0.2) is 22.7 Å². The molecule has 0 aliphatic carbocycles. The standard InChI is InChI=1S/C16H27BrN2O/c1-5-18-13(4)15-8-7-14(11-16(15)17)19(12(2)3)9-6-10-20/h7-8,11-13,18,20H,5-6,9-10H2,1-4H3. The van der Waals surface area contributed by atoms with Crippen molar-refractivity contribution in [3.05, 3.63) is 28.2 Å². The molecule has 0 radical (unpaired) electrons. The Morgan fingerprint density at radius 1 is 1.30 bits per heavy atom. The Morgan fingerprint density at radius 3 is 2.50 bits per heavy atom. The lowest BCUT2D eigenvalue weighted by molar-refractivity contribution is 0.288. The zero-order chi connectivity index (χ0) is 15.1. The van der Waals surface area contributed by atoms with Crippen LogP contribution in [0.2, 0.25) is 0 Å². The van der Waals surface area contributed by atoms with Crippen molar-refractivity contribution in [3.8, 4) is 0 Å². The first kappa shape index (κ1) is 17.5. The van der Waals surface area contributed by atoms with Crippen molar-refractivity contribution in [2.24, 2.45) is 0 Å². The monoisotopic (exact) mass is 342 g/mol. The van der Waals surface area contributed by atoms with E-state index in [0.717, 1.165) is 24.0 Å². The summed E-state index contributed by atoms with van der Waals surface area (Å²) in [5.41, 5.74) is 2.48. The van der Waals surface area contributed by atoms with Gasteiger partial charge in [-0.25, -0.2) is 0 Å². The van der Waals surface area contributed by atoms with E-state index >= 15 is 0 Å². The normalized spacial score (nSPS) is 12.8. The van der Waals surface area contributed by atoms with E-state index in [1.165, 1.54) is 11.3 Å². The average Bonchev–Trinajstić information content (AvgIpc) is 2.39. The lowest BCUT2D eigenvalue weighted by Crippen LogP contribution is -2.32. The fraction of sp³-hybridized carbons (Fsp3) is 0.625. The second-order valence-corrected chi connectivity index (χ2v) is 6.20. The number of anilines is 1. The lowest BCUT2D eigenvalue weighted by Gasteiger charge is -2.29. The molecule has 0 saturated carbocycles. The van der Waals surface area contributed by atoms with E-state index in [2.05, 4.69) is 72.0 Å². The molecule has 114 valence electrons. The smallest absolute Gasteiger partial charge is 0.0447 e. The highest BCUT2D eigenvalue weighted by Crippen LogP contribution is 2.29. The van der Waals surface area contributed by atoms with E-state index in [9.17, 15) is 0 Å². The quantitative estimate of drug-likeness (QED) is 0.755. The van der Waals surface area contributed by atoms with Gasteiger partial charge in [-0.05, 0) is 51.4 Å². The van der Waals surface area contributed by atoms with Crippen LogP contribution in [0.4, 0.5) is 5.69 Å². The molecule has 3 nitrogen and oxygen atoms in total. The van der Waals surface area contributed by atoms with Gasteiger partial charge in [0.15, 0.2) is 0 Å². The third-order valence-electron chi connectivity index (χ3n) is 3.47. The van der Waals surface area contributed by atoms with E-state index in [-0.39, 0.29) is 6.61 Å². The maximum Gasteiger partial charge on any atom is 0.0447 e. The van der Waals surface area contributed by atoms with Crippen LogP contribution in [-0.4, -0.2) is 30.8 Å². The first-order valence-electron chi connectivity index (χ1n) is 7.41. The molecule has 1 unspecified atom stereocenters.